The molecular formula is C58H106O13S. The molecule has 0 aromatic rings. The van der Waals surface area contributed by atoms with Gasteiger partial charge in [-0.2, -0.15) is 11.8 Å². The molecule has 0 aromatic carbocycles. The van der Waals surface area contributed by atoms with Gasteiger partial charge in [0.1, 0.15) is 32.5 Å². The van der Waals surface area contributed by atoms with Gasteiger partial charge in [-0.25, -0.2) is 14.6 Å². The largest absolute Gasteiger partial charge is 0.465 e. The fourth-order valence-electron chi connectivity index (χ4n) is 8.38. The third-order valence-electron chi connectivity index (χ3n) is 13.0. The lowest BCUT2D eigenvalue weighted by molar-refractivity contribution is -0.307. The van der Waals surface area contributed by atoms with Crippen molar-refractivity contribution in [3.05, 3.63) is 12.2 Å². The van der Waals surface area contributed by atoms with Crippen molar-refractivity contribution in [2.45, 2.75) is 254 Å². The predicted molar refractivity (Wildman–Crippen MR) is 290 cm³/mol. The van der Waals surface area contributed by atoms with Gasteiger partial charge in [0, 0.05) is 17.1 Å². The minimum atomic E-state index is -1.16. The first-order valence-electron chi connectivity index (χ1n) is 28.4. The van der Waals surface area contributed by atoms with Gasteiger partial charge in [0.25, 0.3) is 0 Å². The quantitative estimate of drug-likeness (QED) is 0.0152. The maximum atomic E-state index is 13.7. The van der Waals surface area contributed by atoms with Crippen molar-refractivity contribution in [3.63, 3.8) is 0 Å². The van der Waals surface area contributed by atoms with Crippen molar-refractivity contribution in [1.82, 2.24) is 0 Å². The summed E-state index contributed by atoms with van der Waals surface area (Å²) in [6.07, 6.45) is 32.4. The number of ether oxygens (including phenoxy) is 5. The molecule has 2 unspecified atom stereocenters. The van der Waals surface area contributed by atoms with Crippen molar-refractivity contribution < 1.29 is 62.5 Å². The highest BCUT2D eigenvalue weighted by Crippen LogP contribution is 2.39. The van der Waals surface area contributed by atoms with E-state index in [0.29, 0.717) is 25.2 Å². The van der Waals surface area contributed by atoms with Crippen molar-refractivity contribution in [2.75, 3.05) is 57.8 Å². The van der Waals surface area contributed by atoms with Crippen LogP contribution in [-0.4, -0.2) is 98.8 Å². The van der Waals surface area contributed by atoms with Crippen LogP contribution < -0.4 is 0 Å². The number of hydrogen-bond donors (Lipinski definition) is 1. The molecule has 0 aliphatic heterocycles. The molecule has 72 heavy (non-hydrogen) atoms. The van der Waals surface area contributed by atoms with Gasteiger partial charge >= 0.3 is 29.8 Å². The summed E-state index contributed by atoms with van der Waals surface area (Å²) in [6.45, 7) is 18.6. The third kappa shape index (κ3) is 38.8. The molecule has 0 saturated carbocycles. The summed E-state index contributed by atoms with van der Waals surface area (Å²) in [5.74, 6) is -1.63. The molecule has 13 nitrogen and oxygen atoms in total. The molecule has 0 bridgehead atoms. The molecule has 0 aliphatic rings. The van der Waals surface area contributed by atoms with E-state index in [1.54, 1.807) is 20.8 Å². The molecule has 0 spiro atoms. The zero-order chi connectivity index (χ0) is 53.8. The molecule has 2 atom stereocenters. The Hall–Kier alpha value is -2.68. The number of carbonyl (C=O) groups excluding carboxylic acids is 5. The number of esters is 5. The minimum Gasteiger partial charge on any atom is -0.465 e. The topological polar surface area (TPSA) is 170 Å². The first-order valence-corrected chi connectivity index (χ1v) is 29.6. The van der Waals surface area contributed by atoms with Crippen LogP contribution in [0, 0.1) is 16.2 Å². The van der Waals surface area contributed by atoms with Crippen molar-refractivity contribution in [1.29, 1.82) is 0 Å². The Bertz CT molecular complexity index is 1420. The minimum absolute atomic E-state index is 0.0736. The zero-order valence-corrected chi connectivity index (χ0v) is 47.9. The van der Waals surface area contributed by atoms with Gasteiger partial charge < -0.3 is 28.8 Å². The summed E-state index contributed by atoms with van der Waals surface area (Å²) >= 11 is 1.38. The fourth-order valence-corrected chi connectivity index (χ4v) is 9.51. The smallest absolute Gasteiger partial charge is 0.333 e. The summed E-state index contributed by atoms with van der Waals surface area (Å²) in [4.78, 5) is 74.3. The standard InChI is InChI=1S/C58H106O13S/c1-10-12-14-16-18-20-22-23-24-25-26-27-29-30-32-34-39-67-53(62)56(5,6)38-36-41-70-71-46-50(59)45-69-54(63)57(7,8)47-58(9,48-72-44-37-51(60)65-42-43-66-52(61)49(3)4)55(64)68-40-35-33-31-28-21-19-17-15-13-11-2/h50,59H,3,10-48H2,1-2,4-9H3. The fraction of sp³-hybridized carbons (Fsp3) is 0.879. The summed E-state index contributed by atoms with van der Waals surface area (Å²) in [5.41, 5.74) is -2.65. The molecule has 0 radical (unpaired) electrons. The van der Waals surface area contributed by atoms with Crippen LogP contribution >= 0.6 is 11.8 Å². The highest BCUT2D eigenvalue weighted by molar-refractivity contribution is 7.99. The van der Waals surface area contributed by atoms with Crippen LogP contribution in [0.15, 0.2) is 12.2 Å². The number of hydrogen-bond acceptors (Lipinski definition) is 14. The van der Waals surface area contributed by atoms with E-state index in [1.807, 2.05) is 13.8 Å². The average molecular weight is 1040 g/mol. The highest BCUT2D eigenvalue weighted by Gasteiger charge is 2.44. The van der Waals surface area contributed by atoms with E-state index < -0.39 is 46.2 Å². The summed E-state index contributed by atoms with van der Waals surface area (Å²) in [6, 6.07) is 0. The number of unbranched alkanes of at least 4 members (excludes halogenated alkanes) is 24. The van der Waals surface area contributed by atoms with Gasteiger partial charge in [-0.1, -0.05) is 175 Å². The SMILES string of the molecule is C=C(C)C(=O)OCCOC(=O)CCSCC(C)(CC(C)(C)C(=O)OCC(O)COOCCCC(C)(C)C(=O)OCCCCCCCCCCCCCCCCCC)C(=O)OCCCCCCCCCCCC. The van der Waals surface area contributed by atoms with E-state index >= 15 is 0 Å². The molecule has 0 aromatic heterocycles. The number of thioether (sulfide) groups is 1. The van der Waals surface area contributed by atoms with Gasteiger partial charge in [-0.15, -0.1) is 0 Å². The Balaban J connectivity index is 4.64. The van der Waals surface area contributed by atoms with Gasteiger partial charge in [0.2, 0.25) is 0 Å². The number of carbonyl (C=O) groups is 5. The van der Waals surface area contributed by atoms with Crippen molar-refractivity contribution in [3.8, 4) is 0 Å². The number of aliphatic hydroxyl groups excluding tert-OH is 1. The first kappa shape index (κ1) is 69.3. The predicted octanol–water partition coefficient (Wildman–Crippen LogP) is 14.1. The van der Waals surface area contributed by atoms with Gasteiger partial charge in [0.15, 0.2) is 0 Å². The Morgan fingerprint density at radius 2 is 0.917 bits per heavy atom. The Kier molecular flexibility index (Phi) is 42.9. The van der Waals surface area contributed by atoms with E-state index in [1.165, 1.54) is 147 Å². The van der Waals surface area contributed by atoms with Crippen LogP contribution in [0.25, 0.3) is 0 Å². The Morgan fingerprint density at radius 1 is 0.486 bits per heavy atom. The van der Waals surface area contributed by atoms with Crippen molar-refractivity contribution in [2.24, 2.45) is 16.2 Å². The van der Waals surface area contributed by atoms with E-state index in [-0.39, 0.29) is 69.8 Å². The van der Waals surface area contributed by atoms with E-state index in [2.05, 4.69) is 20.4 Å². The molecule has 0 heterocycles. The molecule has 0 aliphatic carbocycles. The molecule has 0 fully saturated rings. The lowest BCUT2D eigenvalue weighted by Gasteiger charge is -2.34. The highest BCUT2D eigenvalue weighted by atomic mass is 32.2. The molecule has 1 N–H and O–H groups in total. The molecule has 0 amide bonds. The normalized spacial score (nSPS) is 13.0. The van der Waals surface area contributed by atoms with Gasteiger partial charge in [0.05, 0.1) is 42.5 Å². The second-order valence-electron chi connectivity index (χ2n) is 21.7. The molecular weight excluding hydrogens is 937 g/mol. The van der Waals surface area contributed by atoms with E-state index in [4.69, 9.17) is 33.5 Å². The first-order chi connectivity index (χ1) is 34.4. The van der Waals surface area contributed by atoms with Crippen LogP contribution in [0.5, 0.6) is 0 Å². The second kappa shape index (κ2) is 44.6. The van der Waals surface area contributed by atoms with Crippen LogP contribution in [0.4, 0.5) is 0 Å². The monoisotopic (exact) mass is 1040 g/mol. The van der Waals surface area contributed by atoms with Crippen LogP contribution in [0.2, 0.25) is 0 Å². The maximum Gasteiger partial charge on any atom is 0.333 e. The summed E-state index contributed by atoms with van der Waals surface area (Å²) < 4.78 is 27.0. The van der Waals surface area contributed by atoms with Gasteiger partial charge in [-0.05, 0) is 73.6 Å². The van der Waals surface area contributed by atoms with Crippen LogP contribution in [-0.2, 0) is 57.4 Å². The maximum absolute atomic E-state index is 13.7. The van der Waals surface area contributed by atoms with Gasteiger partial charge in [-0.3, -0.25) is 19.2 Å². The molecule has 422 valence electrons. The lowest BCUT2D eigenvalue weighted by Crippen LogP contribution is -2.41. The van der Waals surface area contributed by atoms with E-state index in [0.717, 1.165) is 38.5 Å². The molecule has 14 heteroatoms. The number of aliphatic hydroxyl groups is 1. The zero-order valence-electron chi connectivity index (χ0n) is 47.1. The Labute approximate surface area is 442 Å². The summed E-state index contributed by atoms with van der Waals surface area (Å²) in [5, 5.41) is 10.5. The number of rotatable bonds is 51. The van der Waals surface area contributed by atoms with E-state index in [9.17, 15) is 29.1 Å². The van der Waals surface area contributed by atoms with Crippen LogP contribution in [0.3, 0.4) is 0 Å². The van der Waals surface area contributed by atoms with Crippen LogP contribution in [0.1, 0.15) is 248 Å². The Morgan fingerprint density at radius 3 is 1.39 bits per heavy atom. The average Bonchev–Trinajstić information content (AvgIpc) is 3.34. The second-order valence-corrected chi connectivity index (χ2v) is 22.8. The van der Waals surface area contributed by atoms with Crippen molar-refractivity contribution >= 4 is 41.6 Å². The lowest BCUT2D eigenvalue weighted by atomic mass is 9.75. The summed E-state index contributed by atoms with van der Waals surface area (Å²) in [7, 11) is 0. The third-order valence-corrected chi connectivity index (χ3v) is 14.3. The molecule has 0 saturated heterocycles. The molecule has 0 rings (SSSR count).